The number of carbonyl (C=O) groups is 2. The molecule has 0 bridgehead atoms. The van der Waals surface area contributed by atoms with Gasteiger partial charge in [-0.1, -0.05) is 19.3 Å². The predicted molar refractivity (Wildman–Crippen MR) is 87.0 cm³/mol. The number of piperazine rings is 1. The fourth-order valence-electron chi connectivity index (χ4n) is 4.02. The minimum absolute atomic E-state index is 0.0576. The summed E-state index contributed by atoms with van der Waals surface area (Å²) in [6.07, 6.45) is 6.92. The molecule has 0 unspecified atom stereocenters. The van der Waals surface area contributed by atoms with Gasteiger partial charge in [-0.3, -0.25) is 19.4 Å². The van der Waals surface area contributed by atoms with E-state index in [9.17, 15) is 9.59 Å². The zero-order valence-electron chi connectivity index (χ0n) is 14.2. The minimum Gasteiger partial charge on any atom is -0.464 e. The summed E-state index contributed by atoms with van der Waals surface area (Å²) >= 11 is 0. The van der Waals surface area contributed by atoms with E-state index >= 15 is 0 Å². The molecule has 0 aromatic heterocycles. The zero-order chi connectivity index (χ0) is 16.2. The molecule has 1 atom stereocenters. The fourth-order valence-corrected chi connectivity index (χ4v) is 4.02. The lowest BCUT2D eigenvalue weighted by Crippen LogP contribution is -2.54. The summed E-state index contributed by atoms with van der Waals surface area (Å²) < 4.78 is 5.05. The second-order valence-corrected chi connectivity index (χ2v) is 7.08. The van der Waals surface area contributed by atoms with Gasteiger partial charge in [-0.05, 0) is 12.8 Å². The van der Waals surface area contributed by atoms with Gasteiger partial charge in [-0.2, -0.15) is 0 Å². The SMILES string of the molecule is CN(C(=O)CN1CCN([C@H]2CCOC2=O)CC1)C1CCCCC1. The third-order valence-corrected chi connectivity index (χ3v) is 5.63. The highest BCUT2D eigenvalue weighted by Gasteiger charge is 2.34. The highest BCUT2D eigenvalue weighted by molar-refractivity contribution is 5.78. The Bertz CT molecular complexity index is 429. The van der Waals surface area contributed by atoms with Gasteiger partial charge in [0.05, 0.1) is 13.2 Å². The summed E-state index contributed by atoms with van der Waals surface area (Å²) in [7, 11) is 1.96. The van der Waals surface area contributed by atoms with E-state index < -0.39 is 0 Å². The van der Waals surface area contributed by atoms with Crippen molar-refractivity contribution in [2.45, 2.75) is 50.6 Å². The molecular formula is C17H29N3O3. The summed E-state index contributed by atoms with van der Waals surface area (Å²) in [5.74, 6) is 0.164. The molecule has 2 heterocycles. The van der Waals surface area contributed by atoms with E-state index in [2.05, 4.69) is 9.80 Å². The monoisotopic (exact) mass is 323 g/mol. The molecule has 2 aliphatic heterocycles. The van der Waals surface area contributed by atoms with Crippen LogP contribution in [-0.2, 0) is 14.3 Å². The van der Waals surface area contributed by atoms with Gasteiger partial charge < -0.3 is 9.64 Å². The maximum atomic E-state index is 12.5. The van der Waals surface area contributed by atoms with E-state index in [1.54, 1.807) is 0 Å². The van der Waals surface area contributed by atoms with Gasteiger partial charge in [-0.25, -0.2) is 0 Å². The fraction of sp³-hybridized carbons (Fsp3) is 0.882. The molecule has 0 spiro atoms. The molecule has 2 saturated heterocycles. The number of likely N-dealkylation sites (N-methyl/N-ethyl adjacent to an activating group) is 1. The Morgan fingerprint density at radius 3 is 2.43 bits per heavy atom. The molecule has 1 saturated carbocycles. The van der Waals surface area contributed by atoms with Crippen LogP contribution >= 0.6 is 0 Å². The third kappa shape index (κ3) is 4.04. The summed E-state index contributed by atoms with van der Waals surface area (Å²) in [4.78, 5) is 30.6. The van der Waals surface area contributed by atoms with Crippen LogP contribution in [0.3, 0.4) is 0 Å². The van der Waals surface area contributed by atoms with Crippen molar-refractivity contribution in [1.29, 1.82) is 0 Å². The third-order valence-electron chi connectivity index (χ3n) is 5.63. The first-order valence-electron chi connectivity index (χ1n) is 9.04. The van der Waals surface area contributed by atoms with Crippen LogP contribution in [0.25, 0.3) is 0 Å². The first-order chi connectivity index (χ1) is 11.1. The molecule has 1 aliphatic carbocycles. The van der Waals surface area contributed by atoms with Gasteiger partial charge >= 0.3 is 5.97 Å². The Morgan fingerprint density at radius 2 is 1.83 bits per heavy atom. The van der Waals surface area contributed by atoms with E-state index in [-0.39, 0.29) is 17.9 Å². The highest BCUT2D eigenvalue weighted by Crippen LogP contribution is 2.22. The van der Waals surface area contributed by atoms with Gasteiger partial charge in [0.2, 0.25) is 5.91 Å². The minimum atomic E-state index is -0.0773. The number of cyclic esters (lactones) is 1. The lowest BCUT2D eigenvalue weighted by molar-refractivity contribution is -0.143. The second kappa shape index (κ2) is 7.62. The molecule has 0 aromatic rings. The van der Waals surface area contributed by atoms with E-state index in [0.717, 1.165) is 45.4 Å². The lowest BCUT2D eigenvalue weighted by Gasteiger charge is -2.38. The first-order valence-corrected chi connectivity index (χ1v) is 9.04. The summed E-state index contributed by atoms with van der Waals surface area (Å²) in [5.41, 5.74) is 0. The van der Waals surface area contributed by atoms with Gasteiger partial charge in [0.25, 0.3) is 0 Å². The highest BCUT2D eigenvalue weighted by atomic mass is 16.5. The first kappa shape index (κ1) is 16.7. The van der Waals surface area contributed by atoms with Crippen molar-refractivity contribution < 1.29 is 14.3 Å². The molecular weight excluding hydrogens is 294 g/mol. The van der Waals surface area contributed by atoms with Crippen LogP contribution in [0.4, 0.5) is 0 Å². The molecule has 130 valence electrons. The largest absolute Gasteiger partial charge is 0.464 e. The Labute approximate surface area is 138 Å². The number of hydrogen-bond donors (Lipinski definition) is 0. The van der Waals surface area contributed by atoms with E-state index in [4.69, 9.17) is 4.74 Å². The summed E-state index contributed by atoms with van der Waals surface area (Å²) in [6.45, 7) is 4.47. The van der Waals surface area contributed by atoms with Crippen LogP contribution in [-0.4, -0.2) is 85.0 Å². The number of rotatable bonds is 4. The molecule has 6 heteroatoms. The average Bonchev–Trinajstić information content (AvgIpc) is 3.01. The Kier molecular flexibility index (Phi) is 5.54. The maximum absolute atomic E-state index is 12.5. The molecule has 3 aliphatic rings. The molecule has 0 N–H and O–H groups in total. The van der Waals surface area contributed by atoms with Crippen molar-refractivity contribution in [3.8, 4) is 0 Å². The van der Waals surface area contributed by atoms with Gasteiger partial charge in [-0.15, -0.1) is 0 Å². The average molecular weight is 323 g/mol. The van der Waals surface area contributed by atoms with Crippen molar-refractivity contribution in [2.24, 2.45) is 0 Å². The molecule has 0 aromatic carbocycles. The maximum Gasteiger partial charge on any atom is 0.323 e. The van der Waals surface area contributed by atoms with Crippen LogP contribution in [0.2, 0.25) is 0 Å². The summed E-state index contributed by atoms with van der Waals surface area (Å²) in [6, 6.07) is 0.378. The van der Waals surface area contributed by atoms with Crippen LogP contribution in [0.5, 0.6) is 0 Å². The second-order valence-electron chi connectivity index (χ2n) is 7.08. The quantitative estimate of drug-likeness (QED) is 0.713. The standard InChI is InChI=1S/C17H29N3O3/c1-18(14-5-3-2-4-6-14)16(21)13-19-8-10-20(11-9-19)15-7-12-23-17(15)22/h14-15H,2-13H2,1H3/t15-/m0/s1. The van der Waals surface area contributed by atoms with Crippen LogP contribution in [0.15, 0.2) is 0 Å². The lowest BCUT2D eigenvalue weighted by atomic mass is 9.94. The van der Waals surface area contributed by atoms with Crippen molar-refractivity contribution in [3.05, 3.63) is 0 Å². The van der Waals surface area contributed by atoms with E-state index in [0.29, 0.717) is 19.2 Å². The van der Waals surface area contributed by atoms with Gasteiger partial charge in [0.1, 0.15) is 6.04 Å². The topological polar surface area (TPSA) is 53.1 Å². The number of esters is 1. The predicted octanol–water partition coefficient (Wildman–Crippen LogP) is 0.711. The van der Waals surface area contributed by atoms with Crippen molar-refractivity contribution >= 4 is 11.9 Å². The molecule has 0 radical (unpaired) electrons. The molecule has 1 amide bonds. The van der Waals surface area contributed by atoms with Crippen LogP contribution in [0, 0.1) is 0 Å². The van der Waals surface area contributed by atoms with E-state index in [1.807, 2.05) is 11.9 Å². The van der Waals surface area contributed by atoms with Crippen LogP contribution < -0.4 is 0 Å². The van der Waals surface area contributed by atoms with Crippen LogP contribution in [0.1, 0.15) is 38.5 Å². The number of ether oxygens (including phenoxy) is 1. The Balaban J connectivity index is 1.42. The number of hydrogen-bond acceptors (Lipinski definition) is 5. The number of amides is 1. The van der Waals surface area contributed by atoms with E-state index in [1.165, 1.54) is 19.3 Å². The molecule has 3 rings (SSSR count). The summed E-state index contributed by atoms with van der Waals surface area (Å²) in [5, 5.41) is 0. The normalized spacial score (nSPS) is 27.9. The van der Waals surface area contributed by atoms with Gasteiger partial charge in [0, 0.05) is 45.7 Å². The Hall–Kier alpha value is -1.14. The molecule has 3 fully saturated rings. The smallest absolute Gasteiger partial charge is 0.323 e. The molecule has 23 heavy (non-hydrogen) atoms. The van der Waals surface area contributed by atoms with Crippen molar-refractivity contribution in [3.63, 3.8) is 0 Å². The number of carbonyl (C=O) groups excluding carboxylic acids is 2. The Morgan fingerprint density at radius 1 is 1.13 bits per heavy atom. The van der Waals surface area contributed by atoms with Crippen molar-refractivity contribution in [1.82, 2.24) is 14.7 Å². The molecule has 6 nitrogen and oxygen atoms in total. The van der Waals surface area contributed by atoms with Crippen molar-refractivity contribution in [2.75, 3.05) is 46.4 Å². The van der Waals surface area contributed by atoms with Gasteiger partial charge in [0.15, 0.2) is 0 Å². The zero-order valence-corrected chi connectivity index (χ0v) is 14.2. The number of nitrogens with zero attached hydrogens (tertiary/aromatic N) is 3.